The Bertz CT molecular complexity index is 2020. The molecule has 3 fully saturated rings. The Kier molecular flexibility index (Phi) is 11.2. The van der Waals surface area contributed by atoms with E-state index in [0.717, 1.165) is 81.5 Å². The number of amides is 3. The van der Waals surface area contributed by atoms with Crippen LogP contribution in [0, 0.1) is 5.92 Å². The highest BCUT2D eigenvalue weighted by atomic mass is 19.4. The van der Waals surface area contributed by atoms with Crippen LogP contribution in [-0.2, 0) is 15.8 Å². The summed E-state index contributed by atoms with van der Waals surface area (Å²) in [4.78, 5) is 50.3. The summed E-state index contributed by atoms with van der Waals surface area (Å²) in [6.07, 6.45) is 6.15. The van der Waals surface area contributed by atoms with E-state index in [4.69, 9.17) is 9.72 Å². The Labute approximate surface area is 318 Å². The third kappa shape index (κ3) is 8.95. The second-order valence-electron chi connectivity index (χ2n) is 15.5. The smallest absolute Gasteiger partial charge is 0.433 e. The molecule has 3 amide bonds. The fourth-order valence-corrected chi connectivity index (χ4v) is 8.27. The van der Waals surface area contributed by atoms with E-state index < -0.39 is 17.8 Å². The molecule has 3 aromatic heterocycles. The number of hydrogen-bond acceptors (Lipinski definition) is 8. The summed E-state index contributed by atoms with van der Waals surface area (Å²) < 4.78 is 47.5. The number of pyridine rings is 2. The van der Waals surface area contributed by atoms with Crippen LogP contribution >= 0.6 is 0 Å². The number of carbonyl (C=O) groups is 3. The normalized spacial score (nSPS) is 21.3. The van der Waals surface area contributed by atoms with Gasteiger partial charge in [-0.3, -0.25) is 19.7 Å². The maximum atomic E-state index is 13.2. The third-order valence-electron chi connectivity index (χ3n) is 11.3. The van der Waals surface area contributed by atoms with Crippen LogP contribution in [-0.4, -0.2) is 75.8 Å². The van der Waals surface area contributed by atoms with Gasteiger partial charge in [-0.15, -0.1) is 0 Å². The average molecular weight is 760 g/mol. The summed E-state index contributed by atoms with van der Waals surface area (Å²) in [5.74, 6) is -0.162. The van der Waals surface area contributed by atoms with Crippen LogP contribution in [0.4, 0.5) is 24.5 Å². The van der Waals surface area contributed by atoms with Crippen molar-refractivity contribution in [2.75, 3.05) is 36.9 Å². The van der Waals surface area contributed by atoms with Gasteiger partial charge >= 0.3 is 6.18 Å². The van der Waals surface area contributed by atoms with Crippen molar-refractivity contribution in [1.29, 1.82) is 0 Å². The van der Waals surface area contributed by atoms with Crippen LogP contribution in [0.5, 0.6) is 5.75 Å². The van der Waals surface area contributed by atoms with Crippen molar-refractivity contribution in [3.8, 4) is 5.75 Å². The summed E-state index contributed by atoms with van der Waals surface area (Å²) in [7, 11) is 2.25. The predicted molar refractivity (Wildman–Crippen MR) is 202 cm³/mol. The molecule has 0 spiro atoms. The molecule has 0 bridgehead atoms. The van der Waals surface area contributed by atoms with Crippen LogP contribution in [0.1, 0.15) is 104 Å². The number of carbonyl (C=O) groups excluding carboxylic acids is 3. The number of hydrogen-bond donors (Lipinski definition) is 2. The van der Waals surface area contributed by atoms with E-state index in [9.17, 15) is 27.6 Å². The largest absolute Gasteiger partial charge is 0.489 e. The average Bonchev–Trinajstić information content (AvgIpc) is 3.57. The van der Waals surface area contributed by atoms with Gasteiger partial charge in [-0.2, -0.15) is 13.2 Å². The molecule has 55 heavy (non-hydrogen) atoms. The van der Waals surface area contributed by atoms with Gasteiger partial charge in [0.15, 0.2) is 0 Å². The van der Waals surface area contributed by atoms with E-state index >= 15 is 0 Å². The van der Waals surface area contributed by atoms with E-state index in [1.807, 2.05) is 36.6 Å². The van der Waals surface area contributed by atoms with Gasteiger partial charge in [0.05, 0.1) is 17.7 Å². The first-order valence-corrected chi connectivity index (χ1v) is 19.2. The third-order valence-corrected chi connectivity index (χ3v) is 11.3. The molecule has 1 aromatic carbocycles. The highest BCUT2D eigenvalue weighted by Crippen LogP contribution is 2.38. The van der Waals surface area contributed by atoms with E-state index in [1.165, 1.54) is 11.8 Å². The lowest BCUT2D eigenvalue weighted by Gasteiger charge is -2.40. The van der Waals surface area contributed by atoms with E-state index in [0.29, 0.717) is 47.8 Å². The van der Waals surface area contributed by atoms with Crippen LogP contribution in [0.2, 0.25) is 0 Å². The molecule has 1 atom stereocenters. The predicted octanol–water partition coefficient (Wildman–Crippen LogP) is 7.18. The molecule has 11 nitrogen and oxygen atoms in total. The van der Waals surface area contributed by atoms with Gasteiger partial charge < -0.3 is 24.3 Å². The molecule has 5 heterocycles. The number of nitrogens with one attached hydrogen (secondary N) is 2. The van der Waals surface area contributed by atoms with Crippen LogP contribution < -0.4 is 20.3 Å². The zero-order chi connectivity index (χ0) is 38.9. The number of ether oxygens (including phenoxy) is 1. The Morgan fingerprint density at radius 2 is 1.71 bits per heavy atom. The summed E-state index contributed by atoms with van der Waals surface area (Å²) >= 11 is 0. The summed E-state index contributed by atoms with van der Waals surface area (Å²) in [6.45, 7) is 6.72. The Morgan fingerprint density at radius 3 is 2.38 bits per heavy atom. The first kappa shape index (κ1) is 38.3. The number of halogens is 3. The van der Waals surface area contributed by atoms with Crippen molar-refractivity contribution in [1.82, 2.24) is 24.6 Å². The van der Waals surface area contributed by atoms with Gasteiger partial charge in [0.25, 0.3) is 5.91 Å². The second-order valence-corrected chi connectivity index (χ2v) is 15.5. The van der Waals surface area contributed by atoms with Crippen LogP contribution in [0.25, 0.3) is 5.65 Å². The van der Waals surface area contributed by atoms with Crippen molar-refractivity contribution in [3.05, 3.63) is 83.6 Å². The Hall–Kier alpha value is -4.98. The summed E-state index contributed by atoms with van der Waals surface area (Å²) in [6, 6.07) is 13.8. The maximum absolute atomic E-state index is 13.2. The molecule has 1 aliphatic carbocycles. The van der Waals surface area contributed by atoms with Crippen LogP contribution in [0.15, 0.2) is 60.9 Å². The van der Waals surface area contributed by atoms with Gasteiger partial charge in [0.1, 0.15) is 28.5 Å². The number of imide groups is 1. The number of piperidine rings is 2. The fraction of sp³-hybridized carbons (Fsp3) is 0.488. The molecule has 2 N–H and O–H groups in total. The Morgan fingerprint density at radius 1 is 0.982 bits per heavy atom. The molecular formula is C41H48F3N7O4. The lowest BCUT2D eigenvalue weighted by molar-refractivity contribution is -0.141. The number of alkyl halides is 3. The second kappa shape index (κ2) is 16.0. The zero-order valence-electron chi connectivity index (χ0n) is 31.4. The topological polar surface area (TPSA) is 121 Å². The maximum Gasteiger partial charge on any atom is 0.433 e. The SMILES string of the molecule is CC(C)Oc1cc2nc(C3CCC(CN(C)C4CCN(c5ccc(C6CCC(=O)NC6=O)cc5)CC4)CC3)cn2cc1NC(=O)c1cccc(C(F)(F)F)n1. The number of fused-ring (bicyclic) bond motifs is 1. The van der Waals surface area contributed by atoms with Crippen LogP contribution in [0.3, 0.4) is 0 Å². The minimum absolute atomic E-state index is 0.196. The Balaban J connectivity index is 0.919. The zero-order valence-corrected chi connectivity index (χ0v) is 31.4. The lowest BCUT2D eigenvalue weighted by atomic mass is 9.80. The number of aromatic nitrogens is 3. The molecule has 2 aliphatic heterocycles. The van der Waals surface area contributed by atoms with Crippen molar-refractivity contribution in [3.63, 3.8) is 0 Å². The minimum atomic E-state index is -4.67. The van der Waals surface area contributed by atoms with Crippen molar-refractivity contribution in [2.45, 2.75) is 95.4 Å². The molecular weight excluding hydrogens is 711 g/mol. The number of benzene rings is 1. The first-order chi connectivity index (χ1) is 26.3. The number of nitrogens with zero attached hydrogens (tertiary/aromatic N) is 5. The fourth-order valence-electron chi connectivity index (χ4n) is 8.27. The van der Waals surface area contributed by atoms with E-state index in [1.54, 1.807) is 12.3 Å². The minimum Gasteiger partial charge on any atom is -0.489 e. The molecule has 2 saturated heterocycles. The monoisotopic (exact) mass is 759 g/mol. The molecule has 14 heteroatoms. The van der Waals surface area contributed by atoms with Crippen molar-refractivity contribution in [2.24, 2.45) is 5.92 Å². The quantitative estimate of drug-likeness (QED) is 0.163. The molecule has 292 valence electrons. The van der Waals surface area contributed by atoms with E-state index in [-0.39, 0.29) is 29.5 Å². The first-order valence-electron chi connectivity index (χ1n) is 19.2. The van der Waals surface area contributed by atoms with E-state index in [2.05, 4.69) is 44.6 Å². The molecule has 4 aromatic rings. The van der Waals surface area contributed by atoms with Gasteiger partial charge in [-0.05, 0) is 102 Å². The van der Waals surface area contributed by atoms with Gasteiger partial charge in [-0.1, -0.05) is 18.2 Å². The lowest BCUT2D eigenvalue weighted by Crippen LogP contribution is -2.45. The highest BCUT2D eigenvalue weighted by molar-refractivity contribution is 6.04. The van der Waals surface area contributed by atoms with Crippen molar-refractivity contribution < 1.29 is 32.3 Å². The molecule has 1 saturated carbocycles. The van der Waals surface area contributed by atoms with Gasteiger partial charge in [0, 0.05) is 62.2 Å². The highest BCUT2D eigenvalue weighted by Gasteiger charge is 2.34. The summed E-state index contributed by atoms with van der Waals surface area (Å²) in [5, 5.41) is 5.15. The summed E-state index contributed by atoms with van der Waals surface area (Å²) in [5.41, 5.74) is 2.60. The standard InChI is InChI=1S/C41H48F3N7O4/c1-25(2)55-35-21-37-46-33(23-51(37)24-34(35)47-40(54)32-5-4-6-36(45-32)41(42,43)44)28-9-7-26(8-10-28)22-49(3)29-17-19-50(20-18-29)30-13-11-27(12-14-30)31-15-16-38(52)48-39(31)53/h4-6,11-14,21,23-26,28-29,31H,7-10,15-20,22H2,1-3H3,(H,47,54)(H,48,52,53). The molecule has 3 aliphatic rings. The number of anilines is 2. The number of imidazole rings is 1. The molecule has 0 radical (unpaired) electrons. The molecule has 7 rings (SSSR count). The number of rotatable bonds is 10. The molecule has 1 unspecified atom stereocenters. The van der Waals surface area contributed by atoms with Crippen molar-refractivity contribution >= 4 is 34.7 Å². The van der Waals surface area contributed by atoms with Gasteiger partial charge in [0.2, 0.25) is 11.8 Å². The van der Waals surface area contributed by atoms with Gasteiger partial charge in [-0.25, -0.2) is 9.97 Å².